The molecule has 2 aliphatic heterocycles. The van der Waals surface area contributed by atoms with Gasteiger partial charge in [-0.1, -0.05) is 0 Å². The summed E-state index contributed by atoms with van der Waals surface area (Å²) in [5, 5.41) is 13.1. The summed E-state index contributed by atoms with van der Waals surface area (Å²) in [7, 11) is 0. The van der Waals surface area contributed by atoms with E-state index >= 15 is 0 Å². The summed E-state index contributed by atoms with van der Waals surface area (Å²) in [6.07, 6.45) is 1.08. The zero-order valence-corrected chi connectivity index (χ0v) is 10.4. The summed E-state index contributed by atoms with van der Waals surface area (Å²) in [5.41, 5.74) is 0. The molecule has 2 atom stereocenters. The first-order chi connectivity index (χ1) is 8.22. The first-order valence-electron chi connectivity index (χ1n) is 6.51. The molecule has 0 aromatic rings. The second kappa shape index (κ2) is 5.80. The molecular weight excluding hydrogens is 220 g/mol. The van der Waals surface area contributed by atoms with Gasteiger partial charge in [0.15, 0.2) is 0 Å². The van der Waals surface area contributed by atoms with Crippen LogP contribution < -0.4 is 5.32 Å². The molecule has 2 fully saturated rings. The molecule has 2 N–H and O–H groups in total. The van der Waals surface area contributed by atoms with E-state index < -0.39 is 6.10 Å². The van der Waals surface area contributed by atoms with Gasteiger partial charge in [0.1, 0.15) is 6.10 Å². The Hall–Kier alpha value is -0.650. The third-order valence-electron chi connectivity index (χ3n) is 3.62. The molecule has 0 bridgehead atoms. The zero-order valence-electron chi connectivity index (χ0n) is 10.4. The van der Waals surface area contributed by atoms with Crippen LogP contribution in [0.1, 0.15) is 19.8 Å². The number of amides is 1. The zero-order chi connectivity index (χ0) is 12.3. The first-order valence-corrected chi connectivity index (χ1v) is 6.51. The van der Waals surface area contributed by atoms with Gasteiger partial charge in [0.25, 0.3) is 0 Å². The van der Waals surface area contributed by atoms with Gasteiger partial charge < -0.3 is 20.1 Å². The van der Waals surface area contributed by atoms with Crippen LogP contribution >= 0.6 is 0 Å². The largest absolute Gasteiger partial charge is 0.388 e. The standard InChI is InChI=1S/C12H22N2O3/c1-2-17-11-8-14(7-10(11)15)12(16)9-3-5-13-6-4-9/h9-11,13,15H,2-8H2,1H3/t10-,11-/m0/s1. The Morgan fingerprint density at radius 3 is 2.76 bits per heavy atom. The van der Waals surface area contributed by atoms with E-state index in [0.29, 0.717) is 19.7 Å². The van der Waals surface area contributed by atoms with Crippen LogP contribution in [-0.2, 0) is 9.53 Å². The number of carbonyl (C=O) groups excluding carboxylic acids is 1. The van der Waals surface area contributed by atoms with Crippen LogP contribution in [0.3, 0.4) is 0 Å². The van der Waals surface area contributed by atoms with Crippen molar-refractivity contribution >= 4 is 5.91 Å². The molecule has 5 heteroatoms. The molecule has 0 aromatic heterocycles. The number of rotatable bonds is 3. The van der Waals surface area contributed by atoms with Gasteiger partial charge >= 0.3 is 0 Å². The van der Waals surface area contributed by atoms with Crippen LogP contribution in [-0.4, -0.2) is 60.9 Å². The molecule has 0 aliphatic carbocycles. The number of hydrogen-bond donors (Lipinski definition) is 2. The van der Waals surface area contributed by atoms with E-state index in [0.717, 1.165) is 25.9 Å². The Labute approximate surface area is 102 Å². The lowest BCUT2D eigenvalue weighted by molar-refractivity contribution is -0.135. The Bertz CT molecular complexity index is 266. The monoisotopic (exact) mass is 242 g/mol. The number of nitrogens with one attached hydrogen (secondary N) is 1. The number of hydrogen-bond acceptors (Lipinski definition) is 4. The minimum Gasteiger partial charge on any atom is -0.388 e. The fourth-order valence-electron chi connectivity index (χ4n) is 2.64. The molecule has 98 valence electrons. The summed E-state index contributed by atoms with van der Waals surface area (Å²) >= 11 is 0. The van der Waals surface area contributed by atoms with Crippen LogP contribution in [0.25, 0.3) is 0 Å². The molecule has 0 aromatic carbocycles. The maximum Gasteiger partial charge on any atom is 0.225 e. The summed E-state index contributed by atoms with van der Waals surface area (Å²) in [4.78, 5) is 14.0. The van der Waals surface area contributed by atoms with Crippen molar-refractivity contribution in [3.63, 3.8) is 0 Å². The van der Waals surface area contributed by atoms with Crippen LogP contribution in [0.15, 0.2) is 0 Å². The average molecular weight is 242 g/mol. The van der Waals surface area contributed by atoms with Gasteiger partial charge in [-0.2, -0.15) is 0 Å². The van der Waals surface area contributed by atoms with Crippen LogP contribution in [0.2, 0.25) is 0 Å². The lowest BCUT2D eigenvalue weighted by Gasteiger charge is -2.26. The number of aliphatic hydroxyl groups excluding tert-OH is 1. The number of piperidine rings is 1. The number of carbonyl (C=O) groups is 1. The van der Waals surface area contributed by atoms with Crippen molar-refractivity contribution in [3.05, 3.63) is 0 Å². The van der Waals surface area contributed by atoms with Crippen molar-refractivity contribution in [2.45, 2.75) is 32.0 Å². The molecule has 2 saturated heterocycles. The first kappa shape index (κ1) is 12.8. The number of nitrogens with zero attached hydrogens (tertiary/aromatic N) is 1. The van der Waals surface area contributed by atoms with Gasteiger partial charge in [0, 0.05) is 25.6 Å². The average Bonchev–Trinajstić information content (AvgIpc) is 2.72. The molecule has 2 heterocycles. The summed E-state index contributed by atoms with van der Waals surface area (Å²) in [5.74, 6) is 0.316. The second-order valence-corrected chi connectivity index (χ2v) is 4.83. The van der Waals surface area contributed by atoms with Crippen molar-refractivity contribution in [3.8, 4) is 0 Å². The Morgan fingerprint density at radius 2 is 2.12 bits per heavy atom. The normalized spacial score (nSPS) is 30.8. The second-order valence-electron chi connectivity index (χ2n) is 4.83. The summed E-state index contributed by atoms with van der Waals surface area (Å²) in [6, 6.07) is 0. The van der Waals surface area contributed by atoms with Crippen molar-refractivity contribution in [2.75, 3.05) is 32.8 Å². The fraction of sp³-hybridized carbons (Fsp3) is 0.917. The minimum absolute atomic E-state index is 0.129. The minimum atomic E-state index is -0.527. The van der Waals surface area contributed by atoms with Crippen LogP contribution in [0, 0.1) is 5.92 Å². The lowest BCUT2D eigenvalue weighted by atomic mass is 9.97. The van der Waals surface area contributed by atoms with Gasteiger partial charge in [0.2, 0.25) is 5.91 Å². The summed E-state index contributed by atoms with van der Waals surface area (Å²) in [6.45, 7) is 5.29. The number of ether oxygens (including phenoxy) is 1. The molecule has 1 amide bonds. The van der Waals surface area contributed by atoms with Gasteiger partial charge in [-0.05, 0) is 32.9 Å². The van der Waals surface area contributed by atoms with Crippen LogP contribution in [0.5, 0.6) is 0 Å². The molecule has 17 heavy (non-hydrogen) atoms. The quantitative estimate of drug-likeness (QED) is 0.706. The van der Waals surface area contributed by atoms with E-state index in [1.54, 1.807) is 4.90 Å². The predicted octanol–water partition coefficient (Wildman–Crippen LogP) is -0.406. The maximum atomic E-state index is 12.2. The molecule has 2 rings (SSSR count). The predicted molar refractivity (Wildman–Crippen MR) is 63.6 cm³/mol. The fourth-order valence-corrected chi connectivity index (χ4v) is 2.64. The van der Waals surface area contributed by atoms with Gasteiger partial charge in [-0.15, -0.1) is 0 Å². The highest BCUT2D eigenvalue weighted by Crippen LogP contribution is 2.20. The molecule has 0 saturated carbocycles. The Morgan fingerprint density at radius 1 is 1.41 bits per heavy atom. The number of β-amino-alcohol motifs (C(OH)–C–C–N with tert-alkyl or cyclic N) is 1. The molecular formula is C12H22N2O3. The van der Waals surface area contributed by atoms with Gasteiger partial charge in [0.05, 0.1) is 6.10 Å². The van der Waals surface area contributed by atoms with E-state index in [4.69, 9.17) is 4.74 Å². The third kappa shape index (κ3) is 2.97. The molecule has 5 nitrogen and oxygen atoms in total. The number of likely N-dealkylation sites (tertiary alicyclic amines) is 1. The highest BCUT2D eigenvalue weighted by atomic mass is 16.5. The van der Waals surface area contributed by atoms with E-state index in [2.05, 4.69) is 5.32 Å². The molecule has 0 radical (unpaired) electrons. The van der Waals surface area contributed by atoms with Crippen molar-refractivity contribution in [1.82, 2.24) is 10.2 Å². The molecule has 2 aliphatic rings. The van der Waals surface area contributed by atoms with Crippen LogP contribution in [0.4, 0.5) is 0 Å². The Balaban J connectivity index is 1.88. The lowest BCUT2D eigenvalue weighted by Crippen LogP contribution is -2.40. The van der Waals surface area contributed by atoms with Gasteiger partial charge in [-0.25, -0.2) is 0 Å². The molecule has 0 unspecified atom stereocenters. The highest BCUT2D eigenvalue weighted by Gasteiger charge is 2.37. The van der Waals surface area contributed by atoms with Gasteiger partial charge in [-0.3, -0.25) is 4.79 Å². The summed E-state index contributed by atoms with van der Waals surface area (Å²) < 4.78 is 5.43. The van der Waals surface area contributed by atoms with Crippen molar-refractivity contribution in [1.29, 1.82) is 0 Å². The maximum absolute atomic E-state index is 12.2. The van der Waals surface area contributed by atoms with E-state index in [1.807, 2.05) is 6.92 Å². The van der Waals surface area contributed by atoms with Crippen molar-refractivity contribution in [2.24, 2.45) is 5.92 Å². The number of aliphatic hydroxyl groups is 1. The van der Waals surface area contributed by atoms with Crippen molar-refractivity contribution < 1.29 is 14.6 Å². The van der Waals surface area contributed by atoms with E-state index in [1.165, 1.54) is 0 Å². The molecule has 0 spiro atoms. The third-order valence-corrected chi connectivity index (χ3v) is 3.62. The smallest absolute Gasteiger partial charge is 0.225 e. The topological polar surface area (TPSA) is 61.8 Å². The Kier molecular flexibility index (Phi) is 4.36. The highest BCUT2D eigenvalue weighted by molar-refractivity contribution is 5.79. The van der Waals surface area contributed by atoms with E-state index in [-0.39, 0.29) is 17.9 Å². The van der Waals surface area contributed by atoms with E-state index in [9.17, 15) is 9.90 Å². The SMILES string of the molecule is CCO[C@H]1CN(C(=O)C2CCNCC2)C[C@@H]1O.